The van der Waals surface area contributed by atoms with Crippen molar-refractivity contribution in [2.24, 2.45) is 5.10 Å². The number of para-hydroxylation sites is 1. The number of ether oxygens (including phenoxy) is 2. The van der Waals surface area contributed by atoms with Gasteiger partial charge in [-0.25, -0.2) is 5.43 Å². The highest BCUT2D eigenvalue weighted by molar-refractivity contribution is 5.85. The van der Waals surface area contributed by atoms with E-state index >= 15 is 0 Å². The van der Waals surface area contributed by atoms with Gasteiger partial charge in [-0.1, -0.05) is 63.8 Å². The van der Waals surface area contributed by atoms with Gasteiger partial charge >= 0.3 is 0 Å². The maximum Gasteiger partial charge on any atom is 0.277 e. The van der Waals surface area contributed by atoms with E-state index in [-0.39, 0.29) is 12.5 Å². The largest absolute Gasteiger partial charge is 0.493 e. The van der Waals surface area contributed by atoms with E-state index in [0.717, 1.165) is 24.2 Å². The number of amides is 1. The summed E-state index contributed by atoms with van der Waals surface area (Å²) in [6.07, 6.45) is 9.65. The second kappa shape index (κ2) is 14.2. The fraction of sp³-hybridized carbons (Fsp3) is 0.440. The first-order valence-electron chi connectivity index (χ1n) is 11.0. The minimum absolute atomic E-state index is 0.0821. The Morgan fingerprint density at radius 2 is 1.70 bits per heavy atom. The van der Waals surface area contributed by atoms with Crippen molar-refractivity contribution < 1.29 is 14.3 Å². The average molecular weight is 411 g/mol. The summed E-state index contributed by atoms with van der Waals surface area (Å²) in [5.41, 5.74) is 4.61. The number of hydrazone groups is 1. The van der Waals surface area contributed by atoms with E-state index in [1.807, 2.05) is 48.5 Å². The Bertz CT molecular complexity index is 772. The zero-order valence-corrected chi connectivity index (χ0v) is 18.2. The van der Waals surface area contributed by atoms with Crippen LogP contribution in [0.3, 0.4) is 0 Å². The van der Waals surface area contributed by atoms with Crippen molar-refractivity contribution in [1.29, 1.82) is 0 Å². The molecule has 0 aromatic heterocycles. The Morgan fingerprint density at radius 3 is 2.47 bits per heavy atom. The van der Waals surface area contributed by atoms with Crippen LogP contribution in [0, 0.1) is 0 Å². The number of nitrogens with one attached hydrogen (secondary N) is 1. The van der Waals surface area contributed by atoms with Crippen molar-refractivity contribution in [3.05, 3.63) is 59.7 Å². The first-order valence-corrected chi connectivity index (χ1v) is 11.0. The molecule has 5 nitrogen and oxygen atoms in total. The van der Waals surface area contributed by atoms with Crippen molar-refractivity contribution in [3.63, 3.8) is 0 Å². The van der Waals surface area contributed by atoms with Crippen LogP contribution in [-0.2, 0) is 11.2 Å². The fourth-order valence-corrected chi connectivity index (χ4v) is 2.92. The lowest BCUT2D eigenvalue weighted by atomic mass is 10.1. The molecule has 0 saturated heterocycles. The van der Waals surface area contributed by atoms with Crippen LogP contribution in [0.25, 0.3) is 0 Å². The lowest BCUT2D eigenvalue weighted by Gasteiger charge is -2.09. The van der Waals surface area contributed by atoms with Crippen LogP contribution in [0.4, 0.5) is 0 Å². The fourth-order valence-electron chi connectivity index (χ4n) is 2.92. The number of carbonyl (C=O) groups is 1. The minimum Gasteiger partial charge on any atom is -0.493 e. The lowest BCUT2D eigenvalue weighted by Crippen LogP contribution is -2.24. The molecule has 1 amide bonds. The Balaban J connectivity index is 1.75. The van der Waals surface area contributed by atoms with Crippen molar-refractivity contribution in [2.45, 2.75) is 58.8 Å². The number of carbonyl (C=O) groups excluding carboxylic acids is 1. The number of rotatable bonds is 14. The van der Waals surface area contributed by atoms with E-state index < -0.39 is 0 Å². The summed E-state index contributed by atoms with van der Waals surface area (Å²) in [4.78, 5) is 12.0. The predicted octanol–water partition coefficient (Wildman–Crippen LogP) is 5.52. The zero-order valence-electron chi connectivity index (χ0n) is 18.2. The summed E-state index contributed by atoms with van der Waals surface area (Å²) in [6.45, 7) is 4.97. The van der Waals surface area contributed by atoms with Crippen molar-refractivity contribution in [1.82, 2.24) is 5.43 Å². The van der Waals surface area contributed by atoms with Crippen molar-refractivity contribution in [3.8, 4) is 11.5 Å². The Kier molecular flexibility index (Phi) is 11.1. The maximum atomic E-state index is 12.0. The molecule has 2 aromatic carbocycles. The molecule has 162 valence electrons. The van der Waals surface area contributed by atoms with Gasteiger partial charge in [-0.2, -0.15) is 5.10 Å². The van der Waals surface area contributed by atoms with Crippen molar-refractivity contribution in [2.75, 3.05) is 13.2 Å². The number of nitrogens with zero attached hydrogens (tertiary/aromatic N) is 1. The highest BCUT2D eigenvalue weighted by atomic mass is 16.5. The Morgan fingerprint density at radius 1 is 0.933 bits per heavy atom. The second-order valence-corrected chi connectivity index (χ2v) is 7.28. The standard InChI is InChI=1S/C25H34N2O3/c1-3-5-7-10-18-29-24-13-9-8-12-22(24)19-26-27-25(28)20-30-23-16-14-21(15-17-23)11-6-4-2/h8-9,12-17,19H,3-7,10-11,18,20H2,1-2H3,(H,27,28)/b26-19+. The molecule has 0 aliphatic rings. The molecule has 0 unspecified atom stereocenters. The van der Waals surface area contributed by atoms with Gasteiger partial charge in [0.05, 0.1) is 12.8 Å². The van der Waals surface area contributed by atoms with E-state index in [4.69, 9.17) is 9.47 Å². The predicted molar refractivity (Wildman–Crippen MR) is 122 cm³/mol. The third kappa shape index (κ3) is 9.12. The number of benzene rings is 2. The van der Waals surface area contributed by atoms with Gasteiger partial charge in [-0.3, -0.25) is 4.79 Å². The average Bonchev–Trinajstić information content (AvgIpc) is 2.78. The van der Waals surface area contributed by atoms with E-state index in [2.05, 4.69) is 24.4 Å². The van der Waals surface area contributed by atoms with Crippen LogP contribution < -0.4 is 14.9 Å². The molecule has 0 aliphatic heterocycles. The molecule has 2 rings (SSSR count). The number of aryl methyl sites for hydroxylation is 1. The smallest absolute Gasteiger partial charge is 0.277 e. The van der Waals surface area contributed by atoms with E-state index in [9.17, 15) is 4.79 Å². The molecular formula is C25H34N2O3. The molecule has 0 bridgehead atoms. The molecule has 2 aromatic rings. The normalized spacial score (nSPS) is 10.9. The van der Waals surface area contributed by atoms with E-state index in [1.165, 1.54) is 37.7 Å². The van der Waals surface area contributed by atoms with Gasteiger partial charge in [0.15, 0.2) is 6.61 Å². The number of hydrogen-bond acceptors (Lipinski definition) is 4. The first-order chi connectivity index (χ1) is 14.7. The van der Waals surface area contributed by atoms with Gasteiger partial charge in [0.1, 0.15) is 11.5 Å². The van der Waals surface area contributed by atoms with Gasteiger partial charge in [-0.05, 0) is 49.1 Å². The number of unbranched alkanes of at least 4 members (excludes halogenated alkanes) is 4. The molecule has 0 heterocycles. The second-order valence-electron chi connectivity index (χ2n) is 7.28. The SMILES string of the molecule is CCCCCCOc1ccccc1/C=N/NC(=O)COc1ccc(CCCC)cc1. The summed E-state index contributed by atoms with van der Waals surface area (Å²) >= 11 is 0. The van der Waals surface area contributed by atoms with E-state index in [0.29, 0.717) is 12.4 Å². The van der Waals surface area contributed by atoms with Crippen LogP contribution in [0.15, 0.2) is 53.6 Å². The summed E-state index contributed by atoms with van der Waals surface area (Å²) in [7, 11) is 0. The molecule has 0 atom stereocenters. The highest BCUT2D eigenvalue weighted by Crippen LogP contribution is 2.17. The van der Waals surface area contributed by atoms with Gasteiger partial charge in [0, 0.05) is 5.56 Å². The van der Waals surface area contributed by atoms with Crippen LogP contribution in [-0.4, -0.2) is 25.3 Å². The first kappa shape index (κ1) is 23.5. The summed E-state index contributed by atoms with van der Waals surface area (Å²) in [5.74, 6) is 1.14. The molecule has 0 saturated carbocycles. The quantitative estimate of drug-likeness (QED) is 0.253. The van der Waals surface area contributed by atoms with E-state index in [1.54, 1.807) is 6.21 Å². The van der Waals surface area contributed by atoms with Gasteiger partial charge < -0.3 is 9.47 Å². The lowest BCUT2D eigenvalue weighted by molar-refractivity contribution is -0.123. The Hall–Kier alpha value is -2.82. The van der Waals surface area contributed by atoms with Crippen LogP contribution in [0.5, 0.6) is 11.5 Å². The molecule has 30 heavy (non-hydrogen) atoms. The Labute approximate surface area is 180 Å². The molecule has 5 heteroatoms. The molecule has 0 fully saturated rings. The van der Waals surface area contributed by atoms with Crippen LogP contribution in [0.1, 0.15) is 63.5 Å². The molecule has 0 spiro atoms. The third-order valence-electron chi connectivity index (χ3n) is 4.68. The summed E-state index contributed by atoms with van der Waals surface area (Å²) in [5, 5.41) is 4.04. The molecule has 1 N–H and O–H groups in total. The maximum absolute atomic E-state index is 12.0. The van der Waals surface area contributed by atoms with Crippen LogP contribution >= 0.6 is 0 Å². The molecular weight excluding hydrogens is 376 g/mol. The van der Waals surface area contributed by atoms with Gasteiger partial charge in [-0.15, -0.1) is 0 Å². The summed E-state index contributed by atoms with van der Waals surface area (Å²) < 4.78 is 11.4. The minimum atomic E-state index is -0.306. The zero-order chi connectivity index (χ0) is 21.4. The van der Waals surface area contributed by atoms with Crippen LogP contribution in [0.2, 0.25) is 0 Å². The summed E-state index contributed by atoms with van der Waals surface area (Å²) in [6, 6.07) is 15.6. The highest BCUT2D eigenvalue weighted by Gasteiger charge is 2.03. The molecule has 0 aliphatic carbocycles. The van der Waals surface area contributed by atoms with Crippen molar-refractivity contribution >= 4 is 12.1 Å². The number of hydrogen-bond donors (Lipinski definition) is 1. The van der Waals surface area contributed by atoms with Gasteiger partial charge in [0.25, 0.3) is 5.91 Å². The topological polar surface area (TPSA) is 59.9 Å². The monoisotopic (exact) mass is 410 g/mol. The molecule has 0 radical (unpaired) electrons. The van der Waals surface area contributed by atoms with Gasteiger partial charge in [0.2, 0.25) is 0 Å². The third-order valence-corrected chi connectivity index (χ3v) is 4.68.